The predicted octanol–water partition coefficient (Wildman–Crippen LogP) is 2.47. The SMILES string of the molecule is CS(=O)(=O)OC(c1cccnc1)C(Cl)(Cl)Cl. The van der Waals surface area contributed by atoms with Crippen LogP contribution in [0, 0.1) is 0 Å². The molecular formula is C8H8Cl3NO3S. The van der Waals surface area contributed by atoms with Crippen molar-refractivity contribution in [3.63, 3.8) is 0 Å². The van der Waals surface area contributed by atoms with Gasteiger partial charge in [-0.05, 0) is 6.07 Å². The van der Waals surface area contributed by atoms with E-state index >= 15 is 0 Å². The minimum absolute atomic E-state index is 0.368. The normalized spacial score (nSPS) is 14.8. The lowest BCUT2D eigenvalue weighted by atomic mass is 10.2. The molecule has 1 rings (SSSR count). The molecule has 0 radical (unpaired) electrons. The van der Waals surface area contributed by atoms with Crippen molar-refractivity contribution in [2.24, 2.45) is 0 Å². The maximum atomic E-state index is 11.0. The molecule has 1 aromatic heterocycles. The summed E-state index contributed by atoms with van der Waals surface area (Å²) < 4.78 is 24.9. The topological polar surface area (TPSA) is 56.3 Å². The first-order chi connectivity index (χ1) is 7.20. The highest BCUT2D eigenvalue weighted by Crippen LogP contribution is 2.42. The molecule has 1 atom stereocenters. The molecule has 0 saturated heterocycles. The molecule has 0 bridgehead atoms. The van der Waals surface area contributed by atoms with E-state index in [0.717, 1.165) is 6.26 Å². The van der Waals surface area contributed by atoms with Crippen LogP contribution in [0.15, 0.2) is 24.5 Å². The average molecular weight is 305 g/mol. The quantitative estimate of drug-likeness (QED) is 0.636. The van der Waals surface area contributed by atoms with Gasteiger partial charge in [0.25, 0.3) is 10.1 Å². The number of hydrogen-bond acceptors (Lipinski definition) is 4. The van der Waals surface area contributed by atoms with E-state index in [1.165, 1.54) is 12.4 Å². The summed E-state index contributed by atoms with van der Waals surface area (Å²) >= 11 is 17.0. The Balaban J connectivity index is 3.08. The van der Waals surface area contributed by atoms with Crippen LogP contribution in [0.25, 0.3) is 0 Å². The lowest BCUT2D eigenvalue weighted by molar-refractivity contribution is 0.220. The summed E-state index contributed by atoms with van der Waals surface area (Å²) in [7, 11) is -3.74. The van der Waals surface area contributed by atoms with Crippen molar-refractivity contribution in [2.45, 2.75) is 9.90 Å². The zero-order valence-corrected chi connectivity index (χ0v) is 11.2. The molecule has 90 valence electrons. The Bertz CT molecular complexity index is 443. The van der Waals surface area contributed by atoms with E-state index in [2.05, 4.69) is 4.98 Å². The summed E-state index contributed by atoms with van der Waals surface area (Å²) in [6.07, 6.45) is 2.55. The van der Waals surface area contributed by atoms with Gasteiger partial charge in [0, 0.05) is 18.0 Å². The molecule has 8 heteroatoms. The Morgan fingerprint density at radius 2 is 2.06 bits per heavy atom. The van der Waals surface area contributed by atoms with Crippen molar-refractivity contribution in [2.75, 3.05) is 6.26 Å². The molecule has 1 unspecified atom stereocenters. The number of halogens is 3. The fourth-order valence-corrected chi connectivity index (χ4v) is 2.28. The molecule has 0 fully saturated rings. The second-order valence-electron chi connectivity index (χ2n) is 3.01. The number of pyridine rings is 1. The van der Waals surface area contributed by atoms with Gasteiger partial charge in [0.2, 0.25) is 3.79 Å². The Kier molecular flexibility index (Phi) is 4.42. The van der Waals surface area contributed by atoms with Crippen LogP contribution >= 0.6 is 34.8 Å². The molecule has 0 aromatic carbocycles. The fraction of sp³-hybridized carbons (Fsp3) is 0.375. The van der Waals surface area contributed by atoms with Crippen molar-refractivity contribution >= 4 is 44.9 Å². The highest BCUT2D eigenvalue weighted by Gasteiger charge is 2.37. The molecule has 1 heterocycles. The van der Waals surface area contributed by atoms with E-state index in [-0.39, 0.29) is 0 Å². The Labute approximate surface area is 109 Å². The highest BCUT2D eigenvalue weighted by molar-refractivity contribution is 7.86. The third-order valence-electron chi connectivity index (χ3n) is 1.56. The van der Waals surface area contributed by atoms with Crippen molar-refractivity contribution < 1.29 is 12.6 Å². The van der Waals surface area contributed by atoms with Crippen molar-refractivity contribution in [3.05, 3.63) is 30.1 Å². The zero-order valence-electron chi connectivity index (χ0n) is 8.10. The van der Waals surface area contributed by atoms with Crippen LogP contribution in [-0.4, -0.2) is 23.5 Å². The highest BCUT2D eigenvalue weighted by atomic mass is 35.6. The summed E-state index contributed by atoms with van der Waals surface area (Å²) in [5.74, 6) is 0. The first kappa shape index (κ1) is 14.0. The lowest BCUT2D eigenvalue weighted by Gasteiger charge is -2.23. The van der Waals surface area contributed by atoms with E-state index in [9.17, 15) is 8.42 Å². The van der Waals surface area contributed by atoms with E-state index in [0.29, 0.717) is 5.56 Å². The molecule has 16 heavy (non-hydrogen) atoms. The van der Waals surface area contributed by atoms with Gasteiger partial charge >= 0.3 is 0 Å². The largest absolute Gasteiger partial charge is 0.265 e. The molecule has 1 aromatic rings. The fourth-order valence-electron chi connectivity index (χ4n) is 1.00. The summed E-state index contributed by atoms with van der Waals surface area (Å²) in [6.45, 7) is 0. The minimum Gasteiger partial charge on any atom is -0.264 e. The zero-order chi connectivity index (χ0) is 12.4. The summed E-state index contributed by atoms with van der Waals surface area (Å²) in [5.41, 5.74) is 0.368. The summed E-state index contributed by atoms with van der Waals surface area (Å²) in [6, 6.07) is 3.15. The van der Waals surface area contributed by atoms with E-state index in [1.54, 1.807) is 12.1 Å². The van der Waals surface area contributed by atoms with Crippen LogP contribution in [0.1, 0.15) is 11.7 Å². The third kappa shape index (κ3) is 4.43. The monoisotopic (exact) mass is 303 g/mol. The van der Waals surface area contributed by atoms with Crippen LogP contribution < -0.4 is 0 Å². The molecule has 4 nitrogen and oxygen atoms in total. The van der Waals surface area contributed by atoms with Crippen LogP contribution in [-0.2, 0) is 14.3 Å². The molecule has 0 N–H and O–H groups in total. The van der Waals surface area contributed by atoms with Gasteiger partial charge in [-0.3, -0.25) is 9.17 Å². The summed E-state index contributed by atoms with van der Waals surface area (Å²) in [4.78, 5) is 3.80. The molecule has 0 amide bonds. The first-order valence-corrected chi connectivity index (χ1v) is 7.00. The molecule has 0 aliphatic carbocycles. The lowest BCUT2D eigenvalue weighted by Crippen LogP contribution is -2.23. The number of hydrogen-bond donors (Lipinski definition) is 0. The molecular weight excluding hydrogens is 297 g/mol. The van der Waals surface area contributed by atoms with E-state index < -0.39 is 20.0 Å². The maximum absolute atomic E-state index is 11.0. The molecule has 0 aliphatic rings. The molecule has 0 saturated carbocycles. The number of alkyl halides is 3. The van der Waals surface area contributed by atoms with Crippen molar-refractivity contribution in [3.8, 4) is 0 Å². The van der Waals surface area contributed by atoms with Gasteiger partial charge in [-0.25, -0.2) is 0 Å². The van der Waals surface area contributed by atoms with Crippen molar-refractivity contribution in [1.29, 1.82) is 0 Å². The second kappa shape index (κ2) is 5.06. The molecule has 0 aliphatic heterocycles. The standard InChI is InChI=1S/C8H8Cl3NO3S/c1-16(13,14)15-7(8(9,10)11)6-3-2-4-12-5-6/h2-5,7H,1H3. The van der Waals surface area contributed by atoms with Gasteiger partial charge < -0.3 is 0 Å². The number of nitrogens with zero attached hydrogens (tertiary/aromatic N) is 1. The van der Waals surface area contributed by atoms with Crippen LogP contribution in [0.3, 0.4) is 0 Å². The van der Waals surface area contributed by atoms with Gasteiger partial charge in [0.1, 0.15) is 0 Å². The Morgan fingerprint density at radius 3 is 2.44 bits per heavy atom. The van der Waals surface area contributed by atoms with E-state index in [1.807, 2.05) is 0 Å². The minimum atomic E-state index is -3.74. The predicted molar refractivity (Wildman–Crippen MR) is 63.2 cm³/mol. The van der Waals surface area contributed by atoms with E-state index in [4.69, 9.17) is 39.0 Å². The number of aromatic nitrogens is 1. The third-order valence-corrected chi connectivity index (χ3v) is 2.69. The van der Waals surface area contributed by atoms with Crippen LogP contribution in [0.5, 0.6) is 0 Å². The van der Waals surface area contributed by atoms with Gasteiger partial charge in [-0.2, -0.15) is 8.42 Å². The molecule has 0 spiro atoms. The average Bonchev–Trinajstić information content (AvgIpc) is 2.13. The Morgan fingerprint density at radius 1 is 1.44 bits per heavy atom. The second-order valence-corrected chi connectivity index (χ2v) is 6.98. The summed E-state index contributed by atoms with van der Waals surface area (Å²) in [5, 5.41) is 0. The smallest absolute Gasteiger partial charge is 0.264 e. The van der Waals surface area contributed by atoms with Gasteiger partial charge in [0.15, 0.2) is 6.10 Å². The van der Waals surface area contributed by atoms with Gasteiger partial charge in [-0.1, -0.05) is 40.9 Å². The maximum Gasteiger partial charge on any atom is 0.265 e. The Hall–Kier alpha value is -0.0700. The first-order valence-electron chi connectivity index (χ1n) is 4.05. The van der Waals surface area contributed by atoms with Gasteiger partial charge in [-0.15, -0.1) is 0 Å². The number of rotatable bonds is 3. The van der Waals surface area contributed by atoms with Gasteiger partial charge in [0.05, 0.1) is 6.26 Å². The van der Waals surface area contributed by atoms with Crippen LogP contribution in [0.2, 0.25) is 0 Å². The van der Waals surface area contributed by atoms with Crippen molar-refractivity contribution in [1.82, 2.24) is 4.98 Å². The van der Waals surface area contributed by atoms with Crippen LogP contribution in [0.4, 0.5) is 0 Å².